The molecular formula is C20H28N4O2. The molecule has 0 aliphatic heterocycles. The van der Waals surface area contributed by atoms with Gasteiger partial charge in [-0.3, -0.25) is 14.3 Å². The lowest BCUT2D eigenvalue weighted by molar-refractivity contribution is -0.120. The van der Waals surface area contributed by atoms with Gasteiger partial charge in [0, 0.05) is 11.9 Å². The van der Waals surface area contributed by atoms with E-state index < -0.39 is 11.9 Å². The minimum absolute atomic E-state index is 0.0768. The van der Waals surface area contributed by atoms with Crippen molar-refractivity contribution in [3.05, 3.63) is 30.0 Å². The summed E-state index contributed by atoms with van der Waals surface area (Å²) in [6, 6.07) is 7.06. The number of carbonyl (C=O) groups is 2. The Morgan fingerprint density at radius 1 is 1.23 bits per heavy atom. The van der Waals surface area contributed by atoms with Crippen LogP contribution in [0.4, 0.5) is 0 Å². The number of benzene rings is 1. The summed E-state index contributed by atoms with van der Waals surface area (Å²) >= 11 is 0. The summed E-state index contributed by atoms with van der Waals surface area (Å²) in [5.41, 5.74) is 6.75. The van der Waals surface area contributed by atoms with E-state index in [9.17, 15) is 9.59 Å². The Balaban J connectivity index is 1.88. The Hall–Kier alpha value is -2.37. The van der Waals surface area contributed by atoms with Crippen LogP contribution in [0.1, 0.15) is 56.4 Å². The van der Waals surface area contributed by atoms with Gasteiger partial charge in [0.25, 0.3) is 5.91 Å². The number of aromatic nitrogens is 2. The first-order valence-corrected chi connectivity index (χ1v) is 9.53. The van der Waals surface area contributed by atoms with Crippen LogP contribution in [0.3, 0.4) is 0 Å². The van der Waals surface area contributed by atoms with Crippen LogP contribution in [-0.4, -0.2) is 27.6 Å². The largest absolute Gasteiger partial charge is 0.368 e. The first-order chi connectivity index (χ1) is 12.5. The summed E-state index contributed by atoms with van der Waals surface area (Å²) < 4.78 is 1.95. The van der Waals surface area contributed by atoms with E-state index in [1.807, 2.05) is 42.8 Å². The Kier molecular flexibility index (Phi) is 5.59. The molecule has 3 N–H and O–H groups in total. The van der Waals surface area contributed by atoms with Gasteiger partial charge in [0.15, 0.2) is 5.69 Å². The minimum Gasteiger partial charge on any atom is -0.368 e. The normalized spacial score (nSPS) is 16.7. The summed E-state index contributed by atoms with van der Waals surface area (Å²) in [7, 11) is 0. The van der Waals surface area contributed by atoms with E-state index in [4.69, 9.17) is 5.73 Å². The first kappa shape index (κ1) is 18.4. The Morgan fingerprint density at radius 2 is 1.92 bits per heavy atom. The Morgan fingerprint density at radius 3 is 2.58 bits per heavy atom. The number of nitrogens with zero attached hydrogens (tertiary/aromatic N) is 2. The second kappa shape index (κ2) is 7.89. The molecule has 1 aliphatic carbocycles. The van der Waals surface area contributed by atoms with Crippen LogP contribution in [0.5, 0.6) is 0 Å². The summed E-state index contributed by atoms with van der Waals surface area (Å²) in [6.07, 6.45) is 6.28. The zero-order valence-corrected chi connectivity index (χ0v) is 15.6. The monoisotopic (exact) mass is 356 g/mol. The molecule has 6 nitrogen and oxygen atoms in total. The van der Waals surface area contributed by atoms with Crippen molar-refractivity contribution < 1.29 is 9.59 Å². The van der Waals surface area contributed by atoms with Gasteiger partial charge in [0.1, 0.15) is 6.04 Å². The molecule has 0 radical (unpaired) electrons. The number of hydrogen-bond acceptors (Lipinski definition) is 3. The molecule has 0 spiro atoms. The molecule has 2 amide bonds. The molecule has 1 aromatic heterocycles. The molecule has 1 aliphatic rings. The molecule has 0 bridgehead atoms. The molecule has 0 unspecified atom stereocenters. The lowest BCUT2D eigenvalue weighted by Gasteiger charge is -2.21. The standard InChI is InChI=1S/C20H28N4O2/c1-13(2)17(19(21)25)22-20(26)18-15-10-6-7-11-16(15)24(23-18)12-14-8-4-3-5-9-14/h6-7,10-11,13-14,17H,3-5,8-9,12H2,1-2H3,(H2,21,25)(H,22,26)/t17-/m0/s1. The van der Waals surface area contributed by atoms with E-state index in [0.717, 1.165) is 17.4 Å². The number of hydrogen-bond donors (Lipinski definition) is 2. The van der Waals surface area contributed by atoms with Crippen LogP contribution >= 0.6 is 0 Å². The molecule has 6 heteroatoms. The summed E-state index contributed by atoms with van der Waals surface area (Å²) in [6.45, 7) is 4.54. The molecule has 3 rings (SSSR count). The van der Waals surface area contributed by atoms with E-state index in [1.54, 1.807) is 0 Å². The molecule has 1 aromatic carbocycles. The number of amides is 2. The van der Waals surface area contributed by atoms with Crippen molar-refractivity contribution in [2.75, 3.05) is 0 Å². The lowest BCUT2D eigenvalue weighted by atomic mass is 9.89. The molecule has 1 heterocycles. The molecule has 140 valence electrons. The van der Waals surface area contributed by atoms with Gasteiger partial charge in [0.2, 0.25) is 5.91 Å². The summed E-state index contributed by atoms with van der Waals surface area (Å²) in [5, 5.41) is 8.17. The topological polar surface area (TPSA) is 90.0 Å². The van der Waals surface area contributed by atoms with Crippen molar-refractivity contribution in [3.8, 4) is 0 Å². The Bertz CT molecular complexity index is 790. The molecule has 2 aromatic rings. The second-order valence-corrected chi connectivity index (χ2v) is 7.65. The predicted octanol–water partition coefficient (Wildman–Crippen LogP) is 2.86. The van der Waals surface area contributed by atoms with Gasteiger partial charge in [-0.15, -0.1) is 0 Å². The average molecular weight is 356 g/mol. The smallest absolute Gasteiger partial charge is 0.273 e. The van der Waals surface area contributed by atoms with E-state index >= 15 is 0 Å². The number of carbonyl (C=O) groups excluding carboxylic acids is 2. The second-order valence-electron chi connectivity index (χ2n) is 7.65. The van der Waals surface area contributed by atoms with E-state index in [2.05, 4.69) is 10.4 Å². The molecular weight excluding hydrogens is 328 g/mol. The maximum atomic E-state index is 12.8. The van der Waals surface area contributed by atoms with Crippen molar-refractivity contribution in [3.63, 3.8) is 0 Å². The van der Waals surface area contributed by atoms with Crippen LogP contribution in [0.15, 0.2) is 24.3 Å². The zero-order chi connectivity index (χ0) is 18.7. The maximum absolute atomic E-state index is 12.8. The third-order valence-corrected chi connectivity index (χ3v) is 5.29. The lowest BCUT2D eigenvalue weighted by Crippen LogP contribution is -2.47. The molecule has 0 saturated heterocycles. The third-order valence-electron chi connectivity index (χ3n) is 5.29. The SMILES string of the molecule is CC(C)[C@H](NC(=O)c1nn(CC2CCCCC2)c2ccccc12)C(N)=O. The minimum atomic E-state index is -0.704. The number of rotatable bonds is 6. The van der Waals surface area contributed by atoms with Crippen LogP contribution in [0.25, 0.3) is 10.9 Å². The number of nitrogens with two attached hydrogens (primary N) is 1. The van der Waals surface area contributed by atoms with Gasteiger partial charge in [-0.05, 0) is 30.7 Å². The fraction of sp³-hybridized carbons (Fsp3) is 0.550. The highest BCUT2D eigenvalue weighted by Gasteiger charge is 2.26. The van der Waals surface area contributed by atoms with Crippen LogP contribution in [0, 0.1) is 11.8 Å². The van der Waals surface area contributed by atoms with Gasteiger partial charge >= 0.3 is 0 Å². The van der Waals surface area contributed by atoms with Gasteiger partial charge in [-0.1, -0.05) is 51.3 Å². The predicted molar refractivity (Wildman–Crippen MR) is 102 cm³/mol. The van der Waals surface area contributed by atoms with Crippen molar-refractivity contribution in [1.82, 2.24) is 15.1 Å². The third kappa shape index (κ3) is 3.89. The van der Waals surface area contributed by atoms with Crippen LogP contribution < -0.4 is 11.1 Å². The number of nitrogens with one attached hydrogen (secondary N) is 1. The molecule has 1 fully saturated rings. The van der Waals surface area contributed by atoms with Crippen molar-refractivity contribution in [1.29, 1.82) is 0 Å². The first-order valence-electron chi connectivity index (χ1n) is 9.53. The molecule has 1 saturated carbocycles. The quantitative estimate of drug-likeness (QED) is 0.834. The zero-order valence-electron chi connectivity index (χ0n) is 15.6. The number of fused-ring (bicyclic) bond motifs is 1. The fourth-order valence-corrected chi connectivity index (χ4v) is 3.82. The van der Waals surface area contributed by atoms with E-state index in [0.29, 0.717) is 11.6 Å². The van der Waals surface area contributed by atoms with Crippen molar-refractivity contribution >= 4 is 22.7 Å². The van der Waals surface area contributed by atoms with Gasteiger partial charge < -0.3 is 11.1 Å². The van der Waals surface area contributed by atoms with Gasteiger partial charge in [-0.25, -0.2) is 0 Å². The van der Waals surface area contributed by atoms with Crippen molar-refractivity contribution in [2.24, 2.45) is 17.6 Å². The van der Waals surface area contributed by atoms with Gasteiger partial charge in [-0.2, -0.15) is 5.10 Å². The summed E-state index contributed by atoms with van der Waals surface area (Å²) in [5.74, 6) is -0.343. The van der Waals surface area contributed by atoms with Crippen molar-refractivity contribution in [2.45, 2.75) is 58.5 Å². The maximum Gasteiger partial charge on any atom is 0.273 e. The van der Waals surface area contributed by atoms with Crippen LogP contribution in [0.2, 0.25) is 0 Å². The molecule has 1 atom stereocenters. The Labute approximate surface area is 154 Å². The average Bonchev–Trinajstić information content (AvgIpc) is 2.99. The van der Waals surface area contributed by atoms with E-state index in [1.165, 1.54) is 32.1 Å². The number of para-hydroxylation sites is 1. The fourth-order valence-electron chi connectivity index (χ4n) is 3.82. The highest BCUT2D eigenvalue weighted by molar-refractivity contribution is 6.06. The molecule has 26 heavy (non-hydrogen) atoms. The van der Waals surface area contributed by atoms with E-state index in [-0.39, 0.29) is 11.8 Å². The highest BCUT2D eigenvalue weighted by atomic mass is 16.2. The van der Waals surface area contributed by atoms with Gasteiger partial charge in [0.05, 0.1) is 5.52 Å². The summed E-state index contributed by atoms with van der Waals surface area (Å²) in [4.78, 5) is 24.4. The highest BCUT2D eigenvalue weighted by Crippen LogP contribution is 2.27. The van der Waals surface area contributed by atoms with Crippen LogP contribution in [-0.2, 0) is 11.3 Å². The number of primary amides is 1.